The number of amides is 2. The second-order valence-electron chi connectivity index (χ2n) is 7.85. The first kappa shape index (κ1) is 19.2. The fourth-order valence-electron chi connectivity index (χ4n) is 4.99. The summed E-state index contributed by atoms with van der Waals surface area (Å²) in [6, 6.07) is 5.15. The molecule has 2 saturated carbocycles. The summed E-state index contributed by atoms with van der Waals surface area (Å²) in [4.78, 5) is 60.5. The molecular weight excluding hydrogens is 380 g/mol. The average molecular weight is 400 g/mol. The molecule has 3 aliphatic rings. The number of carbonyl (C=O) groups is 4. The van der Waals surface area contributed by atoms with Crippen LogP contribution in [0.1, 0.15) is 36.0 Å². The fraction of sp³-hybridized carbons (Fsp3) is 0.500. The Hall–Kier alpha value is -3.10. The monoisotopic (exact) mass is 400 g/mol. The Labute approximate surface area is 166 Å². The first-order valence-corrected chi connectivity index (χ1v) is 9.65. The maximum absolute atomic E-state index is 12.6. The summed E-state index contributed by atoms with van der Waals surface area (Å²) in [7, 11) is 0. The van der Waals surface area contributed by atoms with Crippen molar-refractivity contribution in [2.45, 2.75) is 25.7 Å². The fourth-order valence-corrected chi connectivity index (χ4v) is 4.99. The van der Waals surface area contributed by atoms with E-state index >= 15 is 0 Å². The summed E-state index contributed by atoms with van der Waals surface area (Å²) in [6.45, 7) is -0.606. The van der Waals surface area contributed by atoms with E-state index in [9.17, 15) is 29.3 Å². The number of nitrogens with zero attached hydrogens (tertiary/aromatic N) is 2. The number of hydrogen-bond donors (Lipinski definition) is 0. The minimum atomic E-state index is -0.704. The number of likely N-dealkylation sites (tertiary alicyclic amines) is 1. The van der Waals surface area contributed by atoms with Gasteiger partial charge in [0.2, 0.25) is 17.6 Å². The number of nitro groups is 1. The highest BCUT2D eigenvalue weighted by Crippen LogP contribution is 2.56. The van der Waals surface area contributed by atoms with E-state index in [-0.39, 0.29) is 59.7 Å². The van der Waals surface area contributed by atoms with Gasteiger partial charge in [0.05, 0.1) is 23.2 Å². The van der Waals surface area contributed by atoms with Crippen LogP contribution in [-0.2, 0) is 19.1 Å². The second-order valence-corrected chi connectivity index (χ2v) is 7.85. The van der Waals surface area contributed by atoms with Gasteiger partial charge in [-0.05, 0) is 31.1 Å². The minimum Gasteiger partial charge on any atom is -0.457 e. The number of non-ortho nitro benzene ring substituents is 1. The number of imide groups is 1. The van der Waals surface area contributed by atoms with Crippen molar-refractivity contribution < 1.29 is 28.8 Å². The van der Waals surface area contributed by atoms with E-state index in [2.05, 4.69) is 0 Å². The largest absolute Gasteiger partial charge is 0.457 e. The van der Waals surface area contributed by atoms with Crippen molar-refractivity contribution in [2.24, 2.45) is 23.7 Å². The number of nitro benzene ring substituents is 1. The van der Waals surface area contributed by atoms with Crippen molar-refractivity contribution in [1.29, 1.82) is 0 Å². The molecule has 3 fully saturated rings. The summed E-state index contributed by atoms with van der Waals surface area (Å²) < 4.78 is 4.93. The molecule has 0 radical (unpaired) electrons. The van der Waals surface area contributed by atoms with Crippen LogP contribution in [-0.4, -0.2) is 46.5 Å². The number of rotatable bonds is 7. The maximum Gasteiger partial charge on any atom is 0.308 e. The van der Waals surface area contributed by atoms with Crippen molar-refractivity contribution >= 4 is 29.3 Å². The first-order valence-electron chi connectivity index (χ1n) is 9.65. The topological polar surface area (TPSA) is 124 Å². The van der Waals surface area contributed by atoms with Crippen molar-refractivity contribution in [1.82, 2.24) is 4.90 Å². The maximum atomic E-state index is 12.6. The highest BCUT2D eigenvalue weighted by atomic mass is 16.6. The third-order valence-corrected chi connectivity index (χ3v) is 6.30. The van der Waals surface area contributed by atoms with Crippen molar-refractivity contribution in [2.75, 3.05) is 13.2 Å². The Balaban J connectivity index is 1.28. The number of carbonyl (C=O) groups excluding carboxylic acids is 4. The van der Waals surface area contributed by atoms with Gasteiger partial charge in [0.1, 0.15) is 0 Å². The highest BCUT2D eigenvalue weighted by Gasteiger charge is 2.60. The molecule has 2 bridgehead atoms. The molecule has 1 saturated heterocycles. The molecule has 1 heterocycles. The van der Waals surface area contributed by atoms with E-state index in [1.165, 1.54) is 23.1 Å². The lowest BCUT2D eigenvalue weighted by Gasteiger charge is -2.19. The molecule has 9 nitrogen and oxygen atoms in total. The number of ketones is 1. The third-order valence-electron chi connectivity index (χ3n) is 6.30. The smallest absolute Gasteiger partial charge is 0.308 e. The van der Waals surface area contributed by atoms with Crippen LogP contribution >= 0.6 is 0 Å². The molecule has 4 atom stereocenters. The average Bonchev–Trinajstić information content (AvgIpc) is 3.39. The van der Waals surface area contributed by atoms with E-state index in [0.29, 0.717) is 0 Å². The van der Waals surface area contributed by atoms with E-state index < -0.39 is 23.3 Å². The van der Waals surface area contributed by atoms with Crippen LogP contribution < -0.4 is 0 Å². The summed E-state index contributed by atoms with van der Waals surface area (Å²) >= 11 is 0. The van der Waals surface area contributed by atoms with Crippen LogP contribution in [0.3, 0.4) is 0 Å². The molecule has 0 unspecified atom stereocenters. The van der Waals surface area contributed by atoms with Gasteiger partial charge < -0.3 is 4.74 Å². The molecule has 2 aliphatic carbocycles. The molecule has 152 valence electrons. The van der Waals surface area contributed by atoms with Gasteiger partial charge >= 0.3 is 5.97 Å². The number of hydrogen-bond acceptors (Lipinski definition) is 7. The van der Waals surface area contributed by atoms with E-state index in [0.717, 1.165) is 25.3 Å². The molecule has 0 aromatic heterocycles. The first-order chi connectivity index (χ1) is 13.9. The van der Waals surface area contributed by atoms with Crippen molar-refractivity contribution in [3.63, 3.8) is 0 Å². The van der Waals surface area contributed by atoms with Crippen LogP contribution in [0.15, 0.2) is 24.3 Å². The van der Waals surface area contributed by atoms with Gasteiger partial charge in [-0.15, -0.1) is 0 Å². The number of Topliss-reactive ketones (excluding diaryl/α,β-unsaturated/α-hetero) is 1. The Morgan fingerprint density at radius 1 is 1.14 bits per heavy atom. The zero-order chi connectivity index (χ0) is 20.7. The van der Waals surface area contributed by atoms with Crippen LogP contribution in [0.25, 0.3) is 0 Å². The van der Waals surface area contributed by atoms with Crippen LogP contribution in [0.2, 0.25) is 0 Å². The molecule has 29 heavy (non-hydrogen) atoms. The normalized spacial score (nSPS) is 27.2. The van der Waals surface area contributed by atoms with Gasteiger partial charge in [0, 0.05) is 24.2 Å². The Bertz CT molecular complexity index is 884. The predicted octanol–water partition coefficient (Wildman–Crippen LogP) is 1.74. The Kier molecular flexibility index (Phi) is 4.89. The van der Waals surface area contributed by atoms with E-state index in [1.807, 2.05) is 0 Å². The second kappa shape index (κ2) is 7.38. The van der Waals surface area contributed by atoms with Crippen LogP contribution in [0, 0.1) is 33.8 Å². The molecule has 9 heteroatoms. The number of fused-ring (bicyclic) bond motifs is 5. The van der Waals surface area contributed by atoms with Gasteiger partial charge in [-0.2, -0.15) is 0 Å². The predicted molar refractivity (Wildman–Crippen MR) is 97.5 cm³/mol. The lowest BCUT2D eigenvalue weighted by molar-refractivity contribution is -0.384. The number of ether oxygens (including phenoxy) is 1. The standard InChI is InChI=1S/C20H20N2O7/c23-15(11-2-1-3-14(9-11)22(27)28)10-29-16(24)6-7-21-19(25)17-12-4-5-13(8-12)18(17)20(21)26/h1-3,9,12-13,17-18H,4-8,10H2/t12-,13+,17-,18+. The lowest BCUT2D eigenvalue weighted by atomic mass is 9.81. The molecular formula is C20H20N2O7. The van der Waals surface area contributed by atoms with Gasteiger partial charge in [0.15, 0.2) is 6.61 Å². The highest BCUT2D eigenvalue weighted by molar-refractivity contribution is 6.06. The number of benzene rings is 1. The number of esters is 1. The zero-order valence-corrected chi connectivity index (χ0v) is 15.6. The Morgan fingerprint density at radius 2 is 1.79 bits per heavy atom. The lowest BCUT2D eigenvalue weighted by Crippen LogP contribution is -2.35. The van der Waals surface area contributed by atoms with Gasteiger partial charge in [-0.3, -0.25) is 34.2 Å². The SMILES string of the molecule is O=C(CCN1C(=O)[C@@H]2[C@@H]3CC[C@@H](C3)[C@@H]2C1=O)OCC(=O)c1cccc([N+](=O)[O-])c1. The molecule has 4 rings (SSSR count). The van der Waals surface area contributed by atoms with Gasteiger partial charge in [0.25, 0.3) is 5.69 Å². The molecule has 1 aliphatic heterocycles. The molecule has 0 N–H and O–H groups in total. The zero-order valence-electron chi connectivity index (χ0n) is 15.6. The molecule has 1 aromatic rings. The third kappa shape index (κ3) is 3.41. The van der Waals surface area contributed by atoms with E-state index in [4.69, 9.17) is 4.74 Å². The quantitative estimate of drug-likeness (QED) is 0.224. The van der Waals surface area contributed by atoms with Crippen molar-refractivity contribution in [3.05, 3.63) is 39.9 Å². The van der Waals surface area contributed by atoms with Gasteiger partial charge in [-0.1, -0.05) is 12.1 Å². The Morgan fingerprint density at radius 3 is 2.41 bits per heavy atom. The minimum absolute atomic E-state index is 0.0477. The van der Waals surface area contributed by atoms with Crippen LogP contribution in [0.5, 0.6) is 0 Å². The summed E-state index contributed by atoms with van der Waals surface area (Å²) in [5.74, 6) is -1.54. The van der Waals surface area contributed by atoms with Crippen molar-refractivity contribution in [3.8, 4) is 0 Å². The van der Waals surface area contributed by atoms with E-state index in [1.54, 1.807) is 0 Å². The van der Waals surface area contributed by atoms with Gasteiger partial charge in [-0.25, -0.2) is 0 Å². The summed E-state index contributed by atoms with van der Waals surface area (Å²) in [5, 5.41) is 10.8. The molecule has 0 spiro atoms. The molecule has 1 aromatic carbocycles. The molecule has 2 amide bonds. The van der Waals surface area contributed by atoms with Crippen LogP contribution in [0.4, 0.5) is 5.69 Å². The summed E-state index contributed by atoms with van der Waals surface area (Å²) in [6.07, 6.45) is 2.73. The summed E-state index contributed by atoms with van der Waals surface area (Å²) in [5.41, 5.74) is -0.159.